The molecule has 3 saturated heterocycles. The van der Waals surface area contributed by atoms with E-state index in [1.165, 1.54) is 18.6 Å². The van der Waals surface area contributed by atoms with Gasteiger partial charge in [-0.1, -0.05) is 30.3 Å². The minimum absolute atomic E-state index is 0.0119. The van der Waals surface area contributed by atoms with Crippen molar-refractivity contribution in [3.05, 3.63) is 60.2 Å². The van der Waals surface area contributed by atoms with Gasteiger partial charge in [0.15, 0.2) is 11.7 Å². The Morgan fingerprint density at radius 2 is 1.89 bits per heavy atom. The number of nitrogens with two attached hydrogens (primary N) is 1. The number of carbonyl (C=O) groups excluding carboxylic acids is 2. The second kappa shape index (κ2) is 9.15. The molecule has 10 heteroatoms. The highest BCUT2D eigenvalue weighted by Crippen LogP contribution is 2.49. The van der Waals surface area contributed by atoms with E-state index in [1.807, 2.05) is 0 Å². The largest absolute Gasteiger partial charge is 0.454 e. The predicted molar refractivity (Wildman–Crippen MR) is 124 cm³/mol. The lowest BCUT2D eigenvalue weighted by Gasteiger charge is -2.54. The molecule has 0 radical (unpaired) electrons. The number of ether oxygens (including phenoxy) is 1. The van der Waals surface area contributed by atoms with E-state index in [0.29, 0.717) is 38.2 Å². The van der Waals surface area contributed by atoms with E-state index in [0.717, 1.165) is 0 Å². The molecule has 36 heavy (non-hydrogen) atoms. The Morgan fingerprint density at radius 1 is 1.17 bits per heavy atom. The molecule has 1 aromatic carbocycles. The molecule has 2 aromatic rings. The molecule has 3 N–H and O–H groups in total. The number of piperidine rings is 3. The van der Waals surface area contributed by atoms with Crippen LogP contribution >= 0.6 is 0 Å². The van der Waals surface area contributed by atoms with E-state index in [-0.39, 0.29) is 28.8 Å². The van der Waals surface area contributed by atoms with Crippen LogP contribution in [0.4, 0.5) is 8.78 Å². The molecule has 4 heterocycles. The molecule has 1 aromatic heterocycles. The number of esters is 1. The number of aromatic nitrogens is 2. The van der Waals surface area contributed by atoms with Crippen molar-refractivity contribution in [1.29, 1.82) is 0 Å². The second-order valence-corrected chi connectivity index (χ2v) is 10.5. The van der Waals surface area contributed by atoms with Gasteiger partial charge >= 0.3 is 5.97 Å². The Hall–Kier alpha value is -2.98. The number of carbonyl (C=O) groups is 2. The van der Waals surface area contributed by atoms with Gasteiger partial charge in [-0.2, -0.15) is 0 Å². The number of alkyl halides is 2. The molecule has 4 fully saturated rings. The third kappa shape index (κ3) is 4.26. The number of halogens is 2. The van der Waals surface area contributed by atoms with Crippen molar-refractivity contribution in [2.45, 2.75) is 55.8 Å². The van der Waals surface area contributed by atoms with Crippen molar-refractivity contribution in [3.8, 4) is 0 Å². The smallest absolute Gasteiger partial charge is 0.343 e. The van der Waals surface area contributed by atoms with E-state index in [2.05, 4.69) is 9.97 Å². The van der Waals surface area contributed by atoms with Crippen LogP contribution in [0.15, 0.2) is 48.9 Å². The van der Waals surface area contributed by atoms with Gasteiger partial charge in [-0.3, -0.25) is 14.8 Å². The Balaban J connectivity index is 1.43. The molecule has 2 bridgehead atoms. The van der Waals surface area contributed by atoms with Crippen LogP contribution in [0, 0.1) is 11.8 Å². The molecule has 3 aliphatic heterocycles. The number of primary amides is 1. The molecule has 1 saturated carbocycles. The molecule has 4 atom stereocenters. The van der Waals surface area contributed by atoms with Crippen LogP contribution in [0.5, 0.6) is 0 Å². The third-order valence-electron chi connectivity index (χ3n) is 8.42. The number of hydrogen-bond acceptors (Lipinski definition) is 6. The zero-order valence-electron chi connectivity index (χ0n) is 19.9. The first-order chi connectivity index (χ1) is 17.1. The van der Waals surface area contributed by atoms with Crippen molar-refractivity contribution in [3.63, 3.8) is 0 Å². The number of fused-ring (bicyclic) bond motifs is 3. The minimum atomic E-state index is -2.94. The summed E-state index contributed by atoms with van der Waals surface area (Å²) in [5.41, 5.74) is 4.36. The monoisotopic (exact) mass is 501 g/mol. The number of nitrogens with zero attached hydrogens (tertiary/aromatic N) is 3. The average Bonchev–Trinajstić information content (AvgIpc) is 3.25. The van der Waals surface area contributed by atoms with Gasteiger partial charge in [-0.25, -0.2) is 13.6 Å². The van der Waals surface area contributed by atoms with Crippen molar-refractivity contribution in [2.75, 3.05) is 19.6 Å². The molecular weight excluding hydrogens is 470 g/mol. The van der Waals surface area contributed by atoms with Gasteiger partial charge in [-0.15, -0.1) is 0 Å². The van der Waals surface area contributed by atoms with Crippen molar-refractivity contribution in [1.82, 2.24) is 9.97 Å². The lowest BCUT2D eigenvalue weighted by Crippen LogP contribution is -2.67. The van der Waals surface area contributed by atoms with Crippen molar-refractivity contribution in [2.24, 2.45) is 17.6 Å². The molecule has 1 aliphatic carbocycles. The zero-order chi connectivity index (χ0) is 25.6. The molecule has 6 rings (SSSR count). The lowest BCUT2D eigenvalue weighted by atomic mass is 9.79. The maximum atomic E-state index is 14.1. The van der Waals surface area contributed by atoms with Gasteiger partial charge in [0.2, 0.25) is 12.0 Å². The first-order valence-corrected chi connectivity index (χ1v) is 12.4. The summed E-state index contributed by atoms with van der Waals surface area (Å²) in [5.74, 6) is -5.30. The normalized spacial score (nSPS) is 31.4. The number of hydrogen-bond donors (Lipinski definition) is 2. The van der Waals surface area contributed by atoms with E-state index in [4.69, 9.17) is 10.5 Å². The molecule has 8 nitrogen and oxygen atoms in total. The average molecular weight is 502 g/mol. The SMILES string of the molecule is NC(=O)C(c1cnccn1)[N+]12CCC(CC1)[C@@H](OC(=O)C(O)(c1ccccc1)C1CCC(F)(F)C1)C2. The predicted octanol–water partition coefficient (Wildman–Crippen LogP) is 2.48. The summed E-state index contributed by atoms with van der Waals surface area (Å²) in [6, 6.07) is 7.44. The Labute approximate surface area is 208 Å². The van der Waals surface area contributed by atoms with Crippen molar-refractivity contribution < 1.29 is 32.7 Å². The number of quaternary nitrogens is 1. The topological polar surface area (TPSA) is 115 Å². The van der Waals surface area contributed by atoms with Crippen LogP contribution in [-0.4, -0.2) is 63.1 Å². The first-order valence-electron chi connectivity index (χ1n) is 12.4. The number of aliphatic hydroxyl groups is 1. The highest BCUT2D eigenvalue weighted by Gasteiger charge is 2.58. The number of benzene rings is 1. The summed E-state index contributed by atoms with van der Waals surface area (Å²) in [6.45, 7) is 1.66. The zero-order valence-corrected chi connectivity index (χ0v) is 19.9. The summed E-state index contributed by atoms with van der Waals surface area (Å²) in [5, 5.41) is 11.7. The lowest BCUT2D eigenvalue weighted by molar-refractivity contribution is -0.965. The fourth-order valence-electron chi connectivity index (χ4n) is 6.56. The van der Waals surface area contributed by atoms with E-state index in [9.17, 15) is 23.5 Å². The van der Waals surface area contributed by atoms with Crippen LogP contribution in [0.2, 0.25) is 0 Å². The standard InChI is InChI=1S/C26H30F2N4O4/c27-25(28)9-6-19(14-25)26(35,18-4-2-1-3-5-18)24(34)36-21-16-32(12-7-17(21)8-13-32)22(23(29)33)20-15-30-10-11-31-20/h1-5,10-11,15,17,19,21-22,35H,6-9,12-14,16H2,(H-,29,33)/p+1/t17?,19?,21-,22?,26?,32?/m0/s1. The highest BCUT2D eigenvalue weighted by molar-refractivity contribution is 5.82. The summed E-state index contributed by atoms with van der Waals surface area (Å²) < 4.78 is 34.5. The maximum absolute atomic E-state index is 14.1. The highest BCUT2D eigenvalue weighted by atomic mass is 19.3. The first kappa shape index (κ1) is 24.7. The minimum Gasteiger partial charge on any atom is -0.454 e. The number of rotatable bonds is 7. The van der Waals surface area contributed by atoms with Gasteiger partial charge in [0, 0.05) is 49.9 Å². The van der Waals surface area contributed by atoms with Crippen LogP contribution in [-0.2, 0) is 19.9 Å². The van der Waals surface area contributed by atoms with E-state index < -0.39 is 47.9 Å². The van der Waals surface area contributed by atoms with Crippen LogP contribution in [0.25, 0.3) is 0 Å². The summed E-state index contributed by atoms with van der Waals surface area (Å²) in [6.07, 6.45) is 4.41. The Bertz CT molecular complexity index is 1110. The van der Waals surface area contributed by atoms with Gasteiger partial charge in [0.25, 0.3) is 5.91 Å². The van der Waals surface area contributed by atoms with Gasteiger partial charge in [0.05, 0.1) is 19.3 Å². The molecular formula is C26H31F2N4O4+. The molecule has 3 unspecified atom stereocenters. The fraction of sp³-hybridized carbons (Fsp3) is 0.538. The van der Waals surface area contributed by atoms with Crippen LogP contribution < -0.4 is 5.73 Å². The quantitative estimate of drug-likeness (QED) is 0.445. The molecule has 1 amide bonds. The van der Waals surface area contributed by atoms with Crippen LogP contribution in [0.1, 0.15) is 49.4 Å². The summed E-state index contributed by atoms with van der Waals surface area (Å²) in [4.78, 5) is 34.7. The molecule has 4 aliphatic rings. The Kier molecular flexibility index (Phi) is 6.28. The summed E-state index contributed by atoms with van der Waals surface area (Å²) in [7, 11) is 0. The third-order valence-corrected chi connectivity index (χ3v) is 8.42. The van der Waals surface area contributed by atoms with Gasteiger partial charge < -0.3 is 20.1 Å². The molecule has 192 valence electrons. The number of amides is 1. The summed E-state index contributed by atoms with van der Waals surface area (Å²) >= 11 is 0. The molecule has 0 spiro atoms. The Morgan fingerprint density at radius 3 is 2.47 bits per heavy atom. The van der Waals surface area contributed by atoms with Gasteiger partial charge in [-0.05, 0) is 12.0 Å². The maximum Gasteiger partial charge on any atom is 0.343 e. The van der Waals surface area contributed by atoms with Crippen molar-refractivity contribution >= 4 is 11.9 Å². The fourth-order valence-corrected chi connectivity index (χ4v) is 6.56. The van der Waals surface area contributed by atoms with E-state index in [1.54, 1.807) is 30.3 Å². The van der Waals surface area contributed by atoms with Crippen LogP contribution in [0.3, 0.4) is 0 Å². The van der Waals surface area contributed by atoms with E-state index >= 15 is 0 Å². The second-order valence-electron chi connectivity index (χ2n) is 10.5. The van der Waals surface area contributed by atoms with Gasteiger partial charge in [0.1, 0.15) is 12.2 Å².